The lowest BCUT2D eigenvalue weighted by atomic mass is 9.61. The van der Waals surface area contributed by atoms with Gasteiger partial charge in [0.1, 0.15) is 36.9 Å². The quantitative estimate of drug-likeness (QED) is 0.320. The molecule has 0 spiro atoms. The van der Waals surface area contributed by atoms with E-state index in [9.17, 15) is 0 Å². The molecule has 4 atom stereocenters. The zero-order chi connectivity index (χ0) is 25.2. The maximum atomic E-state index is 5.80. The Hall–Kier alpha value is -2.56. The average Bonchev–Trinajstić information content (AvgIpc) is 3.87. The molecule has 0 N–H and O–H groups in total. The van der Waals surface area contributed by atoms with Gasteiger partial charge in [0.15, 0.2) is 0 Å². The predicted molar refractivity (Wildman–Crippen MR) is 148 cm³/mol. The van der Waals surface area contributed by atoms with Crippen LogP contribution in [0.1, 0.15) is 63.5 Å². The van der Waals surface area contributed by atoms with E-state index in [-0.39, 0.29) is 0 Å². The van der Waals surface area contributed by atoms with Gasteiger partial charge >= 0.3 is 0 Å². The van der Waals surface area contributed by atoms with Crippen LogP contribution < -0.4 is 9.47 Å². The zero-order valence-electron chi connectivity index (χ0n) is 22.3. The fourth-order valence-corrected chi connectivity index (χ4v) is 6.11. The summed E-state index contributed by atoms with van der Waals surface area (Å²) in [6.07, 6.45) is 12.9. The highest BCUT2D eigenvalue weighted by Crippen LogP contribution is 2.49. The molecule has 37 heavy (non-hydrogen) atoms. The van der Waals surface area contributed by atoms with Crippen LogP contribution in [0.2, 0.25) is 0 Å². The Morgan fingerprint density at radius 3 is 1.41 bits per heavy atom. The largest absolute Gasteiger partial charge is 0.491 e. The van der Waals surface area contributed by atoms with Crippen molar-refractivity contribution >= 4 is 11.1 Å². The van der Waals surface area contributed by atoms with Crippen LogP contribution in [-0.2, 0) is 9.47 Å². The first kappa shape index (κ1) is 24.8. The SMILES string of the molecule is CC(C)(C1CC=C(c2ccc(OCC3CO3)cc2)CC1)C1CC=C(c2ccc(OCC3CO3)cc2)CC1. The van der Waals surface area contributed by atoms with Crippen LogP contribution >= 0.6 is 0 Å². The summed E-state index contributed by atoms with van der Waals surface area (Å²) in [5, 5.41) is 0. The van der Waals surface area contributed by atoms with Crippen molar-refractivity contribution < 1.29 is 18.9 Å². The summed E-state index contributed by atoms with van der Waals surface area (Å²) in [6.45, 7) is 8.03. The molecule has 4 unspecified atom stereocenters. The summed E-state index contributed by atoms with van der Waals surface area (Å²) in [5.41, 5.74) is 6.01. The summed E-state index contributed by atoms with van der Waals surface area (Å²) < 4.78 is 22.1. The molecule has 0 bridgehead atoms. The summed E-state index contributed by atoms with van der Waals surface area (Å²) in [5.74, 6) is 3.35. The van der Waals surface area contributed by atoms with Crippen LogP contribution in [0.5, 0.6) is 11.5 Å². The van der Waals surface area contributed by atoms with Crippen LogP contribution in [0.3, 0.4) is 0 Å². The van der Waals surface area contributed by atoms with Gasteiger partial charge in [-0.05, 0) is 102 Å². The van der Waals surface area contributed by atoms with E-state index < -0.39 is 0 Å². The Morgan fingerprint density at radius 2 is 1.08 bits per heavy atom. The van der Waals surface area contributed by atoms with Gasteiger partial charge in [-0.15, -0.1) is 0 Å². The molecule has 4 heteroatoms. The second kappa shape index (κ2) is 10.7. The Bertz CT molecular complexity index is 1030. The zero-order valence-corrected chi connectivity index (χ0v) is 22.3. The predicted octanol–water partition coefficient (Wildman–Crippen LogP) is 7.34. The van der Waals surface area contributed by atoms with Crippen molar-refractivity contribution in [2.75, 3.05) is 26.4 Å². The molecular formula is C33H40O4. The maximum Gasteiger partial charge on any atom is 0.119 e. The lowest BCUT2D eigenvalue weighted by molar-refractivity contribution is 0.0991. The van der Waals surface area contributed by atoms with Crippen LogP contribution in [0.15, 0.2) is 60.7 Å². The third kappa shape index (κ3) is 6.13. The first-order valence-corrected chi connectivity index (χ1v) is 14.1. The lowest BCUT2D eigenvalue weighted by Gasteiger charge is -2.44. The van der Waals surface area contributed by atoms with Gasteiger partial charge in [0, 0.05) is 0 Å². The molecule has 4 aliphatic rings. The van der Waals surface area contributed by atoms with Gasteiger partial charge < -0.3 is 18.9 Å². The van der Waals surface area contributed by atoms with E-state index in [1.54, 1.807) is 0 Å². The number of hydrogen-bond acceptors (Lipinski definition) is 4. The van der Waals surface area contributed by atoms with Gasteiger partial charge in [0.25, 0.3) is 0 Å². The molecule has 2 aliphatic heterocycles. The molecule has 0 radical (unpaired) electrons. The first-order valence-electron chi connectivity index (χ1n) is 14.1. The lowest BCUT2D eigenvalue weighted by Crippen LogP contribution is -2.34. The van der Waals surface area contributed by atoms with E-state index in [1.165, 1.54) is 60.8 Å². The van der Waals surface area contributed by atoms with Crippen LogP contribution in [0, 0.1) is 17.3 Å². The molecule has 2 saturated heterocycles. The van der Waals surface area contributed by atoms with Crippen LogP contribution in [-0.4, -0.2) is 38.6 Å². The van der Waals surface area contributed by atoms with Crippen molar-refractivity contribution in [1.29, 1.82) is 0 Å². The highest BCUT2D eigenvalue weighted by Gasteiger charge is 2.38. The fraction of sp³-hybridized carbons (Fsp3) is 0.515. The van der Waals surface area contributed by atoms with Crippen molar-refractivity contribution in [1.82, 2.24) is 0 Å². The molecule has 2 aromatic rings. The van der Waals surface area contributed by atoms with E-state index in [0.717, 1.165) is 36.5 Å². The van der Waals surface area contributed by atoms with Crippen molar-refractivity contribution in [3.8, 4) is 11.5 Å². The Labute approximate surface area is 221 Å². The van der Waals surface area contributed by atoms with E-state index >= 15 is 0 Å². The smallest absolute Gasteiger partial charge is 0.119 e. The number of epoxide rings is 2. The van der Waals surface area contributed by atoms with Gasteiger partial charge in [-0.2, -0.15) is 0 Å². The topological polar surface area (TPSA) is 43.5 Å². The Morgan fingerprint density at radius 1 is 0.676 bits per heavy atom. The van der Waals surface area contributed by atoms with E-state index in [4.69, 9.17) is 18.9 Å². The minimum absolute atomic E-state index is 0.298. The summed E-state index contributed by atoms with van der Waals surface area (Å²) >= 11 is 0. The molecule has 2 fully saturated rings. The second-order valence-corrected chi connectivity index (χ2v) is 11.8. The normalized spacial score (nSPS) is 27.2. The number of allylic oxidation sites excluding steroid dienone is 4. The standard InChI is InChI=1S/C33H40O4/c1-33(2,27-11-3-23(4-12-27)25-7-15-29(16-8-25)34-19-31-21-36-31)28-13-5-24(6-14-28)26-9-17-30(18-10-26)35-20-32-22-37-32/h3,5,7-10,15-18,27-28,31-32H,4,6,11-14,19-22H2,1-2H3. The maximum absolute atomic E-state index is 5.80. The molecule has 0 amide bonds. The minimum Gasteiger partial charge on any atom is -0.491 e. The Balaban J connectivity index is 1.02. The molecule has 0 saturated carbocycles. The minimum atomic E-state index is 0.298. The van der Waals surface area contributed by atoms with Crippen LogP contribution in [0.25, 0.3) is 11.1 Å². The molecule has 2 heterocycles. The van der Waals surface area contributed by atoms with Gasteiger partial charge in [-0.3, -0.25) is 0 Å². The molecule has 2 aliphatic carbocycles. The van der Waals surface area contributed by atoms with Crippen molar-refractivity contribution in [2.24, 2.45) is 17.3 Å². The molecule has 196 valence electrons. The molecule has 2 aromatic carbocycles. The molecular weight excluding hydrogens is 460 g/mol. The second-order valence-electron chi connectivity index (χ2n) is 11.8. The van der Waals surface area contributed by atoms with Crippen LogP contribution in [0.4, 0.5) is 0 Å². The summed E-state index contributed by atoms with van der Waals surface area (Å²) in [4.78, 5) is 0. The Kier molecular flexibility index (Phi) is 7.14. The summed E-state index contributed by atoms with van der Waals surface area (Å²) in [6, 6.07) is 17.3. The average molecular weight is 501 g/mol. The van der Waals surface area contributed by atoms with Gasteiger partial charge in [0.05, 0.1) is 13.2 Å². The number of hydrogen-bond donors (Lipinski definition) is 0. The van der Waals surface area contributed by atoms with Crippen molar-refractivity contribution in [3.05, 3.63) is 71.8 Å². The van der Waals surface area contributed by atoms with E-state index in [1.807, 2.05) is 0 Å². The van der Waals surface area contributed by atoms with Gasteiger partial charge in [-0.25, -0.2) is 0 Å². The molecule has 6 rings (SSSR count). The third-order valence-corrected chi connectivity index (χ3v) is 9.05. The van der Waals surface area contributed by atoms with Crippen molar-refractivity contribution in [2.45, 2.75) is 64.6 Å². The van der Waals surface area contributed by atoms with Gasteiger partial charge in [0.2, 0.25) is 0 Å². The van der Waals surface area contributed by atoms with Gasteiger partial charge in [-0.1, -0.05) is 50.3 Å². The third-order valence-electron chi connectivity index (χ3n) is 9.05. The van der Waals surface area contributed by atoms with E-state index in [2.05, 4.69) is 74.5 Å². The van der Waals surface area contributed by atoms with Crippen molar-refractivity contribution in [3.63, 3.8) is 0 Å². The molecule has 4 nitrogen and oxygen atoms in total. The first-order chi connectivity index (χ1) is 18.0. The number of ether oxygens (including phenoxy) is 4. The fourth-order valence-electron chi connectivity index (χ4n) is 6.11. The highest BCUT2D eigenvalue weighted by atomic mass is 16.6. The number of rotatable bonds is 10. The highest BCUT2D eigenvalue weighted by molar-refractivity contribution is 5.67. The molecule has 0 aromatic heterocycles. The van der Waals surface area contributed by atoms with E-state index in [0.29, 0.717) is 30.8 Å². The summed E-state index contributed by atoms with van der Waals surface area (Å²) in [7, 11) is 0. The monoisotopic (exact) mass is 500 g/mol. The number of benzene rings is 2.